The maximum Gasteiger partial charge on any atom is 0.308 e. The molecule has 2 heterocycles. The molecule has 0 aliphatic carbocycles. The molecule has 5 rings (SSSR count). The van der Waals surface area contributed by atoms with Crippen LogP contribution in [0.1, 0.15) is 42.4 Å². The number of hydrogen-bond acceptors (Lipinski definition) is 7. The predicted molar refractivity (Wildman–Crippen MR) is 160 cm³/mol. The Morgan fingerprint density at radius 3 is 2.64 bits per heavy atom. The molecule has 3 aromatic carbocycles. The number of carboxylic acid groups (broad SMARTS) is 1. The number of unbranched alkanes of at least 4 members (excludes halogenated alkanes) is 1. The van der Waals surface area contributed by atoms with Crippen LogP contribution >= 0.6 is 0 Å². The largest absolute Gasteiger partial charge is 0.496 e. The van der Waals surface area contributed by atoms with Crippen LogP contribution < -0.4 is 24.8 Å². The highest BCUT2D eigenvalue weighted by Gasteiger charge is 2.47. The van der Waals surface area contributed by atoms with Crippen LogP contribution in [0.2, 0.25) is 0 Å². The van der Waals surface area contributed by atoms with Gasteiger partial charge in [-0.1, -0.05) is 49.7 Å². The zero-order chi connectivity index (χ0) is 29.6. The van der Waals surface area contributed by atoms with E-state index in [1.165, 1.54) is 0 Å². The van der Waals surface area contributed by atoms with Gasteiger partial charge in [0, 0.05) is 37.3 Å². The predicted octanol–water partition coefficient (Wildman–Crippen LogP) is 4.43. The average Bonchev–Trinajstić information content (AvgIpc) is 3.62. The molecule has 0 radical (unpaired) electrons. The number of anilines is 1. The first-order chi connectivity index (χ1) is 20.4. The number of aliphatic carboxylic acids is 1. The van der Waals surface area contributed by atoms with Crippen molar-refractivity contribution in [3.05, 3.63) is 83.4 Å². The number of amides is 1. The summed E-state index contributed by atoms with van der Waals surface area (Å²) in [6.45, 7) is 3.68. The van der Waals surface area contributed by atoms with E-state index in [-0.39, 0.29) is 25.2 Å². The van der Waals surface area contributed by atoms with E-state index in [0.717, 1.165) is 35.2 Å². The van der Waals surface area contributed by atoms with Crippen LogP contribution in [0.25, 0.3) is 0 Å². The number of carbonyl (C=O) groups is 2. The SMILES string of the molecule is CCCCN(C(=O)CN1C[C@H](c2ccc3c(c2)OCO3)[C@@H](C(=O)O)[C@@H]1Cc1ccccc1OC)c1cccc(CN)c1. The molecule has 9 nitrogen and oxygen atoms in total. The fourth-order valence-corrected chi connectivity index (χ4v) is 6.15. The number of likely N-dealkylation sites (tertiary alicyclic amines) is 1. The normalized spacial score (nSPS) is 19.5. The Labute approximate surface area is 246 Å². The summed E-state index contributed by atoms with van der Waals surface area (Å²) in [5.74, 6) is -0.126. The minimum atomic E-state index is -0.897. The lowest BCUT2D eigenvalue weighted by Gasteiger charge is -2.30. The summed E-state index contributed by atoms with van der Waals surface area (Å²) in [7, 11) is 1.61. The molecule has 0 aromatic heterocycles. The minimum absolute atomic E-state index is 0.0712. The number of nitrogens with two attached hydrogens (primary N) is 1. The highest BCUT2D eigenvalue weighted by atomic mass is 16.7. The molecule has 0 spiro atoms. The van der Waals surface area contributed by atoms with Gasteiger partial charge in [-0.3, -0.25) is 14.5 Å². The van der Waals surface area contributed by atoms with Gasteiger partial charge in [-0.05, 0) is 59.9 Å². The number of benzene rings is 3. The summed E-state index contributed by atoms with van der Waals surface area (Å²) in [6.07, 6.45) is 2.21. The molecule has 2 aliphatic heterocycles. The molecule has 1 amide bonds. The van der Waals surface area contributed by atoms with Gasteiger partial charge in [-0.15, -0.1) is 0 Å². The van der Waals surface area contributed by atoms with Gasteiger partial charge in [0.15, 0.2) is 11.5 Å². The third kappa shape index (κ3) is 6.22. The van der Waals surface area contributed by atoms with Gasteiger partial charge in [-0.2, -0.15) is 0 Å². The first-order valence-corrected chi connectivity index (χ1v) is 14.5. The van der Waals surface area contributed by atoms with Crippen molar-refractivity contribution >= 4 is 17.6 Å². The quantitative estimate of drug-likeness (QED) is 0.327. The zero-order valence-electron chi connectivity index (χ0n) is 24.2. The molecule has 0 saturated carbocycles. The minimum Gasteiger partial charge on any atom is -0.496 e. The Balaban J connectivity index is 1.49. The molecule has 0 bridgehead atoms. The molecular formula is C33H39N3O6. The highest BCUT2D eigenvalue weighted by molar-refractivity contribution is 5.95. The number of carboxylic acids is 1. The second-order valence-electron chi connectivity index (χ2n) is 10.9. The molecule has 3 aromatic rings. The summed E-state index contributed by atoms with van der Waals surface area (Å²) >= 11 is 0. The van der Waals surface area contributed by atoms with Crippen molar-refractivity contribution in [1.82, 2.24) is 4.90 Å². The summed E-state index contributed by atoms with van der Waals surface area (Å²) in [4.78, 5) is 30.8. The van der Waals surface area contributed by atoms with E-state index in [1.807, 2.05) is 76.5 Å². The third-order valence-electron chi connectivity index (χ3n) is 8.31. The van der Waals surface area contributed by atoms with Crippen LogP contribution in [-0.4, -0.2) is 61.5 Å². The van der Waals surface area contributed by atoms with E-state index in [1.54, 1.807) is 7.11 Å². The highest BCUT2D eigenvalue weighted by Crippen LogP contribution is 2.43. The van der Waals surface area contributed by atoms with Crippen molar-refractivity contribution in [1.29, 1.82) is 0 Å². The Kier molecular flexibility index (Phi) is 9.29. The topological polar surface area (TPSA) is 115 Å². The first kappa shape index (κ1) is 29.4. The zero-order valence-corrected chi connectivity index (χ0v) is 24.2. The van der Waals surface area contributed by atoms with Crippen molar-refractivity contribution in [3.8, 4) is 17.2 Å². The lowest BCUT2D eigenvalue weighted by molar-refractivity contribution is -0.143. The summed E-state index contributed by atoms with van der Waals surface area (Å²) in [6, 6.07) is 20.6. The van der Waals surface area contributed by atoms with Gasteiger partial charge >= 0.3 is 5.97 Å². The van der Waals surface area contributed by atoms with Gasteiger partial charge in [0.05, 0.1) is 19.6 Å². The Morgan fingerprint density at radius 2 is 1.88 bits per heavy atom. The Hall–Kier alpha value is -4.08. The van der Waals surface area contributed by atoms with E-state index in [9.17, 15) is 14.7 Å². The van der Waals surface area contributed by atoms with E-state index in [0.29, 0.717) is 43.3 Å². The molecule has 3 N–H and O–H groups in total. The number of ether oxygens (including phenoxy) is 3. The number of para-hydroxylation sites is 1. The van der Waals surface area contributed by atoms with Gasteiger partial charge in [0.1, 0.15) is 5.75 Å². The van der Waals surface area contributed by atoms with Gasteiger partial charge < -0.3 is 30.0 Å². The first-order valence-electron chi connectivity index (χ1n) is 14.5. The van der Waals surface area contributed by atoms with E-state index in [4.69, 9.17) is 19.9 Å². The van der Waals surface area contributed by atoms with Crippen LogP contribution in [0.15, 0.2) is 66.7 Å². The van der Waals surface area contributed by atoms with Crippen LogP contribution in [0, 0.1) is 5.92 Å². The maximum atomic E-state index is 14.0. The van der Waals surface area contributed by atoms with Crippen molar-refractivity contribution in [2.45, 2.75) is 44.7 Å². The summed E-state index contributed by atoms with van der Waals surface area (Å²) in [5, 5.41) is 10.6. The molecule has 1 fully saturated rings. The van der Waals surface area contributed by atoms with Crippen LogP contribution in [0.3, 0.4) is 0 Å². The number of rotatable bonds is 12. The molecule has 3 atom stereocenters. The summed E-state index contributed by atoms with van der Waals surface area (Å²) < 4.78 is 16.7. The fourth-order valence-electron chi connectivity index (χ4n) is 6.15. The van der Waals surface area contributed by atoms with E-state index < -0.39 is 17.9 Å². The molecule has 2 aliphatic rings. The maximum absolute atomic E-state index is 14.0. The third-order valence-corrected chi connectivity index (χ3v) is 8.31. The van der Waals surface area contributed by atoms with Gasteiger partial charge in [-0.25, -0.2) is 0 Å². The number of hydrogen-bond donors (Lipinski definition) is 2. The van der Waals surface area contributed by atoms with Crippen molar-refractivity contribution in [2.24, 2.45) is 11.7 Å². The standard InChI is InChI=1S/C33H39N3O6/c1-3-4-14-36(25-10-7-8-22(15-25)18-34)31(37)20-35-19-26(23-12-13-29-30(17-23)42-21-41-29)32(33(38)39)27(35)16-24-9-5-6-11-28(24)40-2/h5-13,15,17,26-27,32H,3-4,14,16,18-21,34H2,1-2H3,(H,38,39)/t26-,27+,32-/m1/s1. The Morgan fingerprint density at radius 1 is 1.07 bits per heavy atom. The molecule has 9 heteroatoms. The molecule has 222 valence electrons. The van der Waals surface area contributed by atoms with Gasteiger partial charge in [0.2, 0.25) is 12.7 Å². The second kappa shape index (κ2) is 13.3. The van der Waals surface area contributed by atoms with Crippen LogP contribution in [-0.2, 0) is 22.6 Å². The monoisotopic (exact) mass is 573 g/mol. The number of carbonyl (C=O) groups excluding carboxylic acids is 1. The second-order valence-corrected chi connectivity index (χ2v) is 10.9. The van der Waals surface area contributed by atoms with Gasteiger partial charge in [0.25, 0.3) is 0 Å². The lowest BCUT2D eigenvalue weighted by atomic mass is 9.83. The molecular weight excluding hydrogens is 534 g/mol. The van der Waals surface area contributed by atoms with E-state index in [2.05, 4.69) is 6.92 Å². The van der Waals surface area contributed by atoms with Crippen LogP contribution in [0.4, 0.5) is 5.69 Å². The number of nitrogens with zero attached hydrogens (tertiary/aromatic N) is 2. The van der Waals surface area contributed by atoms with Crippen molar-refractivity contribution < 1.29 is 28.9 Å². The number of fused-ring (bicyclic) bond motifs is 1. The Bertz CT molecular complexity index is 1410. The number of methoxy groups -OCH3 is 1. The average molecular weight is 574 g/mol. The smallest absolute Gasteiger partial charge is 0.308 e. The summed E-state index contributed by atoms with van der Waals surface area (Å²) in [5.41, 5.74) is 9.40. The molecule has 42 heavy (non-hydrogen) atoms. The molecule has 0 unspecified atom stereocenters. The van der Waals surface area contributed by atoms with Crippen molar-refractivity contribution in [2.75, 3.05) is 38.4 Å². The lowest BCUT2D eigenvalue weighted by Crippen LogP contribution is -2.45. The fraction of sp³-hybridized carbons (Fsp3) is 0.394. The van der Waals surface area contributed by atoms with Crippen LogP contribution in [0.5, 0.6) is 17.2 Å². The molecule has 1 saturated heterocycles. The van der Waals surface area contributed by atoms with E-state index >= 15 is 0 Å². The van der Waals surface area contributed by atoms with Crippen molar-refractivity contribution in [3.63, 3.8) is 0 Å².